The van der Waals surface area contributed by atoms with Gasteiger partial charge in [-0.15, -0.1) is 0 Å². The van der Waals surface area contributed by atoms with Crippen molar-refractivity contribution in [3.8, 4) is 5.88 Å². The normalized spacial score (nSPS) is 10.6. The van der Waals surface area contributed by atoms with Gasteiger partial charge in [0.15, 0.2) is 0 Å². The molecule has 0 atom stereocenters. The molecule has 1 rings (SSSR count). The van der Waals surface area contributed by atoms with E-state index in [1.54, 1.807) is 7.11 Å². The molecule has 4 heteroatoms. The first-order valence-corrected chi connectivity index (χ1v) is 5.04. The van der Waals surface area contributed by atoms with Gasteiger partial charge in [0.1, 0.15) is 0 Å². The van der Waals surface area contributed by atoms with Crippen molar-refractivity contribution in [3.63, 3.8) is 0 Å². The van der Waals surface area contributed by atoms with E-state index in [0.717, 1.165) is 31.0 Å². The van der Waals surface area contributed by atoms with Crippen molar-refractivity contribution in [2.24, 2.45) is 5.73 Å². The van der Waals surface area contributed by atoms with Gasteiger partial charge in [-0.2, -0.15) is 5.10 Å². The third kappa shape index (κ3) is 2.07. The summed E-state index contributed by atoms with van der Waals surface area (Å²) >= 11 is 0. The molecule has 0 fully saturated rings. The van der Waals surface area contributed by atoms with E-state index in [0.29, 0.717) is 6.54 Å². The third-order valence-corrected chi connectivity index (χ3v) is 2.32. The van der Waals surface area contributed by atoms with Crippen molar-refractivity contribution in [1.29, 1.82) is 0 Å². The molecule has 0 aliphatic rings. The van der Waals surface area contributed by atoms with Gasteiger partial charge in [0.05, 0.1) is 12.8 Å². The van der Waals surface area contributed by atoms with Crippen LogP contribution >= 0.6 is 0 Å². The summed E-state index contributed by atoms with van der Waals surface area (Å²) in [6.45, 7) is 5.62. The number of nitrogens with zero attached hydrogens (tertiary/aromatic N) is 2. The van der Waals surface area contributed by atoms with Crippen LogP contribution in [0.3, 0.4) is 0 Å². The van der Waals surface area contributed by atoms with Crippen molar-refractivity contribution in [2.75, 3.05) is 13.7 Å². The number of methoxy groups -OCH3 is 1. The fraction of sp³-hybridized carbons (Fsp3) is 0.700. The van der Waals surface area contributed by atoms with E-state index >= 15 is 0 Å². The van der Waals surface area contributed by atoms with Crippen LogP contribution in [0.25, 0.3) is 0 Å². The van der Waals surface area contributed by atoms with Crippen molar-refractivity contribution in [1.82, 2.24) is 9.78 Å². The van der Waals surface area contributed by atoms with Gasteiger partial charge in [0.2, 0.25) is 5.88 Å². The van der Waals surface area contributed by atoms with Gasteiger partial charge in [-0.25, -0.2) is 4.68 Å². The summed E-state index contributed by atoms with van der Waals surface area (Å²) in [6, 6.07) is 0. The predicted octanol–water partition coefficient (Wildman–Crippen LogP) is 1.11. The van der Waals surface area contributed by atoms with E-state index < -0.39 is 0 Å². The van der Waals surface area contributed by atoms with E-state index in [1.807, 2.05) is 11.6 Å². The molecule has 0 aromatic carbocycles. The van der Waals surface area contributed by atoms with Gasteiger partial charge >= 0.3 is 0 Å². The van der Waals surface area contributed by atoms with E-state index in [1.165, 1.54) is 5.56 Å². The van der Waals surface area contributed by atoms with Crippen molar-refractivity contribution >= 4 is 0 Å². The lowest BCUT2D eigenvalue weighted by molar-refractivity contribution is 0.359. The van der Waals surface area contributed by atoms with Gasteiger partial charge in [0.25, 0.3) is 0 Å². The van der Waals surface area contributed by atoms with Crippen molar-refractivity contribution in [2.45, 2.75) is 33.2 Å². The first-order chi connectivity index (χ1) is 6.74. The molecule has 80 valence electrons. The van der Waals surface area contributed by atoms with Crippen LogP contribution in [0.5, 0.6) is 5.88 Å². The SMILES string of the molecule is CCn1nc(C)c(CCCN)c1OC. The minimum absolute atomic E-state index is 0.708. The molecule has 0 aliphatic carbocycles. The molecule has 4 nitrogen and oxygen atoms in total. The second kappa shape index (κ2) is 5.00. The Hall–Kier alpha value is -1.03. The number of aryl methyl sites for hydroxylation is 2. The summed E-state index contributed by atoms with van der Waals surface area (Å²) in [6.07, 6.45) is 1.93. The Morgan fingerprint density at radius 1 is 1.50 bits per heavy atom. The number of nitrogens with two attached hydrogens (primary N) is 1. The quantitative estimate of drug-likeness (QED) is 0.769. The molecule has 0 amide bonds. The number of aromatic nitrogens is 2. The van der Waals surface area contributed by atoms with E-state index in [9.17, 15) is 0 Å². The third-order valence-electron chi connectivity index (χ3n) is 2.32. The lowest BCUT2D eigenvalue weighted by Crippen LogP contribution is -2.03. The summed E-state index contributed by atoms with van der Waals surface area (Å²) < 4.78 is 7.23. The van der Waals surface area contributed by atoms with Crippen LogP contribution in [0, 0.1) is 6.92 Å². The molecule has 1 aromatic heterocycles. The Balaban J connectivity index is 2.93. The minimum Gasteiger partial charge on any atom is -0.481 e. The van der Waals surface area contributed by atoms with E-state index in [4.69, 9.17) is 10.5 Å². The molecular formula is C10H19N3O. The first kappa shape index (κ1) is 11.0. The van der Waals surface area contributed by atoms with Crippen LogP contribution in [-0.2, 0) is 13.0 Å². The highest BCUT2D eigenvalue weighted by atomic mass is 16.5. The standard InChI is InChI=1S/C10H19N3O/c1-4-13-10(14-3)9(6-5-7-11)8(2)12-13/h4-7,11H2,1-3H3. The topological polar surface area (TPSA) is 53.1 Å². The Labute approximate surface area is 85.0 Å². The molecule has 0 spiro atoms. The summed E-state index contributed by atoms with van der Waals surface area (Å²) in [5.74, 6) is 0.887. The second-order valence-electron chi connectivity index (χ2n) is 3.28. The van der Waals surface area contributed by atoms with Crippen molar-refractivity contribution in [3.05, 3.63) is 11.3 Å². The van der Waals surface area contributed by atoms with Crippen LogP contribution in [0.15, 0.2) is 0 Å². The largest absolute Gasteiger partial charge is 0.481 e. The Morgan fingerprint density at radius 2 is 2.21 bits per heavy atom. The average molecular weight is 197 g/mol. The van der Waals surface area contributed by atoms with Gasteiger partial charge in [0, 0.05) is 12.1 Å². The average Bonchev–Trinajstić information content (AvgIpc) is 2.51. The zero-order valence-corrected chi connectivity index (χ0v) is 9.21. The molecule has 0 unspecified atom stereocenters. The van der Waals surface area contributed by atoms with Crippen LogP contribution in [-0.4, -0.2) is 23.4 Å². The highest BCUT2D eigenvalue weighted by Gasteiger charge is 2.13. The lowest BCUT2D eigenvalue weighted by Gasteiger charge is -2.05. The zero-order valence-electron chi connectivity index (χ0n) is 9.21. The fourth-order valence-electron chi connectivity index (χ4n) is 1.61. The van der Waals surface area contributed by atoms with E-state index in [2.05, 4.69) is 12.0 Å². The number of rotatable bonds is 5. The Kier molecular flexibility index (Phi) is 3.95. The molecule has 2 N–H and O–H groups in total. The van der Waals surface area contributed by atoms with Gasteiger partial charge in [-0.1, -0.05) is 0 Å². The molecule has 0 saturated carbocycles. The van der Waals surface area contributed by atoms with E-state index in [-0.39, 0.29) is 0 Å². The molecular weight excluding hydrogens is 178 g/mol. The maximum atomic E-state index is 5.49. The molecule has 0 aliphatic heterocycles. The van der Waals surface area contributed by atoms with Crippen LogP contribution in [0.4, 0.5) is 0 Å². The molecule has 0 saturated heterocycles. The molecule has 14 heavy (non-hydrogen) atoms. The zero-order chi connectivity index (χ0) is 10.6. The van der Waals surface area contributed by atoms with Gasteiger partial charge in [-0.3, -0.25) is 0 Å². The smallest absolute Gasteiger partial charge is 0.215 e. The van der Waals surface area contributed by atoms with Gasteiger partial charge in [-0.05, 0) is 33.2 Å². The maximum Gasteiger partial charge on any atom is 0.215 e. The lowest BCUT2D eigenvalue weighted by atomic mass is 10.1. The van der Waals surface area contributed by atoms with Crippen molar-refractivity contribution < 1.29 is 4.74 Å². The molecule has 0 radical (unpaired) electrons. The Morgan fingerprint density at radius 3 is 2.71 bits per heavy atom. The Bertz CT molecular complexity index is 294. The fourth-order valence-corrected chi connectivity index (χ4v) is 1.61. The first-order valence-electron chi connectivity index (χ1n) is 5.04. The summed E-state index contributed by atoms with van der Waals surface area (Å²) in [7, 11) is 1.69. The monoisotopic (exact) mass is 197 g/mol. The number of ether oxygens (including phenoxy) is 1. The second-order valence-corrected chi connectivity index (χ2v) is 3.28. The summed E-state index contributed by atoms with van der Waals surface area (Å²) in [5.41, 5.74) is 7.74. The summed E-state index contributed by atoms with van der Waals surface area (Å²) in [5, 5.41) is 4.40. The molecule has 1 aromatic rings. The number of hydrogen-bond donors (Lipinski definition) is 1. The highest BCUT2D eigenvalue weighted by Crippen LogP contribution is 2.23. The molecule has 1 heterocycles. The molecule has 0 bridgehead atoms. The van der Waals surface area contributed by atoms with Gasteiger partial charge < -0.3 is 10.5 Å². The predicted molar refractivity (Wildman–Crippen MR) is 56.6 cm³/mol. The summed E-state index contributed by atoms with van der Waals surface area (Å²) in [4.78, 5) is 0. The number of hydrogen-bond acceptors (Lipinski definition) is 3. The van der Waals surface area contributed by atoms with Crippen LogP contribution < -0.4 is 10.5 Å². The highest BCUT2D eigenvalue weighted by molar-refractivity contribution is 5.31. The van der Waals surface area contributed by atoms with Crippen LogP contribution in [0.2, 0.25) is 0 Å². The van der Waals surface area contributed by atoms with Crippen LogP contribution in [0.1, 0.15) is 24.6 Å². The maximum absolute atomic E-state index is 5.49. The minimum atomic E-state index is 0.708.